The summed E-state index contributed by atoms with van der Waals surface area (Å²) in [5.74, 6) is -0.332. The van der Waals surface area contributed by atoms with E-state index in [9.17, 15) is 14.4 Å². The molecule has 3 amide bonds. The number of urea groups is 1. The molecule has 1 saturated heterocycles. The summed E-state index contributed by atoms with van der Waals surface area (Å²) in [5, 5.41) is 14.3. The molecule has 0 aromatic rings. The fourth-order valence-electron chi connectivity index (χ4n) is 2.54. The quantitative estimate of drug-likeness (QED) is 0.618. The molecular weight excluding hydrogens is 274 g/mol. The zero-order chi connectivity index (χ0) is 15.2. The van der Waals surface area contributed by atoms with Crippen molar-refractivity contribution in [3.63, 3.8) is 0 Å². The summed E-state index contributed by atoms with van der Waals surface area (Å²) in [5.41, 5.74) is 0. The summed E-state index contributed by atoms with van der Waals surface area (Å²) in [7, 11) is 0. The van der Waals surface area contributed by atoms with Gasteiger partial charge in [-0.25, -0.2) is 4.79 Å². The van der Waals surface area contributed by atoms with Gasteiger partial charge in [-0.3, -0.25) is 9.59 Å². The Morgan fingerprint density at radius 2 is 1.62 bits per heavy atom. The predicted octanol–water partition coefficient (Wildman–Crippen LogP) is 0.409. The van der Waals surface area contributed by atoms with E-state index in [1.54, 1.807) is 4.90 Å². The van der Waals surface area contributed by atoms with Crippen LogP contribution in [0, 0.1) is 11.8 Å². The van der Waals surface area contributed by atoms with Crippen molar-refractivity contribution in [2.45, 2.75) is 32.1 Å². The lowest BCUT2D eigenvalue weighted by molar-refractivity contribution is -0.138. The lowest BCUT2D eigenvalue weighted by Gasteiger charge is -2.31. The third-order valence-electron chi connectivity index (χ3n) is 4.01. The molecule has 118 valence electrons. The topological polar surface area (TPSA) is 98.7 Å². The Kier molecular flexibility index (Phi) is 5.41. The molecule has 0 radical (unpaired) electrons. The minimum atomic E-state index is -0.774. The number of likely N-dealkylation sites (tertiary alicyclic amines) is 1. The second-order valence-corrected chi connectivity index (χ2v) is 5.83. The number of piperidine rings is 1. The number of carbonyl (C=O) groups excluding carboxylic acids is 2. The van der Waals surface area contributed by atoms with E-state index in [4.69, 9.17) is 5.11 Å². The number of nitrogens with one attached hydrogen (secondary N) is 2. The summed E-state index contributed by atoms with van der Waals surface area (Å²) in [6, 6.07) is -0.135. The SMILES string of the molecule is O=C(O)CC1CCN(C(=O)NCCNC(=O)C2CC2)CC1. The van der Waals surface area contributed by atoms with Gasteiger partial charge in [0.15, 0.2) is 0 Å². The van der Waals surface area contributed by atoms with Gasteiger partial charge in [-0.2, -0.15) is 0 Å². The van der Waals surface area contributed by atoms with Crippen molar-refractivity contribution < 1.29 is 19.5 Å². The van der Waals surface area contributed by atoms with Gasteiger partial charge in [0, 0.05) is 38.5 Å². The first kappa shape index (κ1) is 15.6. The van der Waals surface area contributed by atoms with Crippen LogP contribution in [0.5, 0.6) is 0 Å². The van der Waals surface area contributed by atoms with Gasteiger partial charge < -0.3 is 20.6 Å². The Bertz CT molecular complexity index is 401. The van der Waals surface area contributed by atoms with Gasteiger partial charge >= 0.3 is 12.0 Å². The monoisotopic (exact) mass is 297 g/mol. The van der Waals surface area contributed by atoms with Gasteiger partial charge in [-0.1, -0.05) is 0 Å². The van der Waals surface area contributed by atoms with Crippen LogP contribution in [0.15, 0.2) is 0 Å². The average Bonchev–Trinajstić information content (AvgIpc) is 3.28. The van der Waals surface area contributed by atoms with E-state index in [0.29, 0.717) is 26.2 Å². The van der Waals surface area contributed by atoms with Gasteiger partial charge in [-0.15, -0.1) is 0 Å². The molecule has 2 rings (SSSR count). The largest absolute Gasteiger partial charge is 0.481 e. The molecule has 7 heteroatoms. The van der Waals surface area contributed by atoms with Crippen molar-refractivity contribution in [2.24, 2.45) is 11.8 Å². The number of hydrogen-bond acceptors (Lipinski definition) is 3. The van der Waals surface area contributed by atoms with Crippen LogP contribution >= 0.6 is 0 Å². The van der Waals surface area contributed by atoms with Gasteiger partial charge in [0.05, 0.1) is 0 Å². The van der Waals surface area contributed by atoms with Crippen molar-refractivity contribution in [1.82, 2.24) is 15.5 Å². The van der Waals surface area contributed by atoms with Gasteiger partial charge in [-0.05, 0) is 31.6 Å². The summed E-state index contributed by atoms with van der Waals surface area (Å²) < 4.78 is 0. The molecule has 1 aliphatic carbocycles. The summed E-state index contributed by atoms with van der Waals surface area (Å²) in [6.07, 6.45) is 3.60. The fourth-order valence-corrected chi connectivity index (χ4v) is 2.54. The van der Waals surface area contributed by atoms with Crippen molar-refractivity contribution in [3.8, 4) is 0 Å². The van der Waals surface area contributed by atoms with Gasteiger partial charge in [0.2, 0.25) is 5.91 Å². The zero-order valence-electron chi connectivity index (χ0n) is 12.1. The fraction of sp³-hybridized carbons (Fsp3) is 0.786. The van der Waals surface area contributed by atoms with Crippen LogP contribution in [0.2, 0.25) is 0 Å². The molecule has 0 unspecified atom stereocenters. The van der Waals surface area contributed by atoms with E-state index < -0.39 is 5.97 Å². The first-order chi connectivity index (χ1) is 10.1. The molecule has 2 aliphatic rings. The van der Waals surface area contributed by atoms with E-state index in [0.717, 1.165) is 25.7 Å². The van der Waals surface area contributed by atoms with Crippen LogP contribution in [-0.2, 0) is 9.59 Å². The average molecular weight is 297 g/mol. The molecule has 0 aromatic heterocycles. The van der Waals surface area contributed by atoms with Crippen molar-refractivity contribution in [2.75, 3.05) is 26.2 Å². The Morgan fingerprint density at radius 1 is 1.00 bits per heavy atom. The zero-order valence-corrected chi connectivity index (χ0v) is 12.1. The Balaban J connectivity index is 1.56. The second-order valence-electron chi connectivity index (χ2n) is 5.83. The molecule has 7 nitrogen and oxygen atoms in total. The van der Waals surface area contributed by atoms with E-state index in [2.05, 4.69) is 10.6 Å². The highest BCUT2D eigenvalue weighted by atomic mass is 16.4. The van der Waals surface area contributed by atoms with Crippen LogP contribution in [0.3, 0.4) is 0 Å². The number of rotatable bonds is 6. The third-order valence-corrected chi connectivity index (χ3v) is 4.01. The maximum Gasteiger partial charge on any atom is 0.317 e. The molecule has 1 heterocycles. The summed E-state index contributed by atoms with van der Waals surface area (Å²) in [4.78, 5) is 35.6. The highest BCUT2D eigenvalue weighted by molar-refractivity contribution is 5.80. The Hall–Kier alpha value is -1.79. The summed E-state index contributed by atoms with van der Waals surface area (Å²) >= 11 is 0. The van der Waals surface area contributed by atoms with Crippen LogP contribution in [0.25, 0.3) is 0 Å². The van der Waals surface area contributed by atoms with Crippen molar-refractivity contribution >= 4 is 17.9 Å². The number of amides is 3. The molecule has 21 heavy (non-hydrogen) atoms. The molecule has 3 N–H and O–H groups in total. The lowest BCUT2D eigenvalue weighted by atomic mass is 9.94. The first-order valence-electron chi connectivity index (χ1n) is 7.58. The second kappa shape index (κ2) is 7.28. The Morgan fingerprint density at radius 3 is 2.19 bits per heavy atom. The highest BCUT2D eigenvalue weighted by Crippen LogP contribution is 2.28. The number of aliphatic carboxylic acids is 1. The van der Waals surface area contributed by atoms with Crippen LogP contribution < -0.4 is 10.6 Å². The number of carboxylic acids is 1. The first-order valence-corrected chi connectivity index (χ1v) is 7.58. The Labute approximate surface area is 124 Å². The predicted molar refractivity (Wildman–Crippen MR) is 75.7 cm³/mol. The standard InChI is InChI=1S/C14H23N3O4/c18-12(19)9-10-3-7-17(8-4-10)14(21)16-6-5-15-13(20)11-1-2-11/h10-11H,1-9H2,(H,15,20)(H,16,21)(H,18,19). The van der Waals surface area contributed by atoms with Gasteiger partial charge in [0.25, 0.3) is 0 Å². The molecule has 0 bridgehead atoms. The minimum absolute atomic E-state index is 0.0822. The van der Waals surface area contributed by atoms with E-state index in [-0.39, 0.29) is 30.2 Å². The van der Waals surface area contributed by atoms with Gasteiger partial charge in [0.1, 0.15) is 0 Å². The lowest BCUT2D eigenvalue weighted by Crippen LogP contribution is -2.46. The molecule has 0 aromatic carbocycles. The number of carbonyl (C=O) groups is 3. The molecule has 0 atom stereocenters. The van der Waals surface area contributed by atoms with Crippen LogP contribution in [0.4, 0.5) is 4.79 Å². The van der Waals surface area contributed by atoms with E-state index in [1.165, 1.54) is 0 Å². The molecular formula is C14H23N3O4. The highest BCUT2D eigenvalue weighted by Gasteiger charge is 2.29. The summed E-state index contributed by atoms with van der Waals surface area (Å²) in [6.45, 7) is 2.07. The molecule has 1 aliphatic heterocycles. The molecule has 1 saturated carbocycles. The minimum Gasteiger partial charge on any atom is -0.481 e. The van der Waals surface area contributed by atoms with E-state index in [1.807, 2.05) is 0 Å². The number of nitrogens with zero attached hydrogens (tertiary/aromatic N) is 1. The normalized spacial score (nSPS) is 19.1. The van der Waals surface area contributed by atoms with E-state index >= 15 is 0 Å². The maximum atomic E-state index is 11.9. The van der Waals surface area contributed by atoms with Crippen molar-refractivity contribution in [1.29, 1.82) is 0 Å². The number of carboxylic acid groups (broad SMARTS) is 1. The molecule has 2 fully saturated rings. The van der Waals surface area contributed by atoms with Crippen molar-refractivity contribution in [3.05, 3.63) is 0 Å². The third kappa shape index (κ3) is 5.24. The number of hydrogen-bond donors (Lipinski definition) is 3. The van der Waals surface area contributed by atoms with Crippen LogP contribution in [-0.4, -0.2) is 54.1 Å². The smallest absolute Gasteiger partial charge is 0.317 e. The van der Waals surface area contributed by atoms with Crippen LogP contribution in [0.1, 0.15) is 32.1 Å². The maximum absolute atomic E-state index is 11.9. The molecule has 0 spiro atoms.